The summed E-state index contributed by atoms with van der Waals surface area (Å²) >= 11 is 0. The van der Waals surface area contributed by atoms with Gasteiger partial charge in [-0.15, -0.1) is 0 Å². The maximum atomic E-state index is 14.2. The quantitative estimate of drug-likeness (QED) is 0.187. The summed E-state index contributed by atoms with van der Waals surface area (Å²) in [6.07, 6.45) is -9.26. The van der Waals surface area contributed by atoms with Gasteiger partial charge in [-0.25, -0.2) is 0 Å². The highest BCUT2D eigenvalue weighted by Crippen LogP contribution is 2.41. The summed E-state index contributed by atoms with van der Waals surface area (Å²) in [5.41, 5.74) is -3.78. The molecule has 3 rings (SSSR count). The van der Waals surface area contributed by atoms with Gasteiger partial charge in [0.1, 0.15) is 18.3 Å². The fraction of sp³-hybridized carbons (Fsp3) is 0.975. The molecular formula is C40H75NO13. The van der Waals surface area contributed by atoms with Crippen molar-refractivity contribution >= 4 is 5.97 Å². The van der Waals surface area contributed by atoms with E-state index >= 15 is 0 Å². The van der Waals surface area contributed by atoms with Crippen molar-refractivity contribution in [3.05, 3.63) is 0 Å². The van der Waals surface area contributed by atoms with Gasteiger partial charge in [-0.05, 0) is 80.7 Å². The molecule has 3 heterocycles. The number of aliphatic hydroxyl groups is 6. The average Bonchev–Trinajstić information content (AvgIpc) is 3.08. The molecule has 6 N–H and O–H groups in total. The Morgan fingerprint density at radius 1 is 0.889 bits per heavy atom. The van der Waals surface area contributed by atoms with Crippen molar-refractivity contribution in [3.8, 4) is 0 Å². The molecule has 0 spiro atoms. The van der Waals surface area contributed by atoms with E-state index in [0.717, 1.165) is 0 Å². The minimum Gasteiger partial charge on any atom is -0.462 e. The molecule has 54 heavy (non-hydrogen) atoms. The van der Waals surface area contributed by atoms with E-state index in [1.165, 1.54) is 7.11 Å². The molecule has 0 saturated carbocycles. The van der Waals surface area contributed by atoms with E-state index in [0.29, 0.717) is 12.8 Å². The summed E-state index contributed by atoms with van der Waals surface area (Å²) in [4.78, 5) is 16.0. The lowest BCUT2D eigenvalue weighted by atomic mass is 9.74. The second kappa shape index (κ2) is 18.7. The smallest absolute Gasteiger partial charge is 0.311 e. The van der Waals surface area contributed by atoms with Crippen LogP contribution in [0.15, 0.2) is 0 Å². The summed E-state index contributed by atoms with van der Waals surface area (Å²) in [5.74, 6) is -4.02. The van der Waals surface area contributed by atoms with E-state index in [2.05, 4.69) is 0 Å². The Balaban J connectivity index is 2.15. The van der Waals surface area contributed by atoms with E-state index in [1.54, 1.807) is 69.2 Å². The Morgan fingerprint density at radius 2 is 1.50 bits per heavy atom. The number of esters is 1. The summed E-state index contributed by atoms with van der Waals surface area (Å²) in [5, 5.41) is 68.8. The zero-order chi connectivity index (χ0) is 41.2. The molecule has 14 nitrogen and oxygen atoms in total. The topological polar surface area (TPSA) is 197 Å². The summed E-state index contributed by atoms with van der Waals surface area (Å²) < 4.78 is 37.6. The molecule has 19 atom stereocenters. The van der Waals surface area contributed by atoms with Gasteiger partial charge in [0, 0.05) is 43.9 Å². The van der Waals surface area contributed by atoms with Crippen molar-refractivity contribution in [3.63, 3.8) is 0 Å². The fourth-order valence-corrected chi connectivity index (χ4v) is 9.19. The first kappa shape index (κ1) is 47.4. The van der Waals surface area contributed by atoms with E-state index < -0.39 is 120 Å². The number of likely N-dealkylation sites (N-methyl/N-ethyl adjacent to an activating group) is 1. The van der Waals surface area contributed by atoms with Crippen molar-refractivity contribution in [1.82, 2.24) is 4.90 Å². The molecule has 318 valence electrons. The number of carbonyl (C=O) groups excluding carboxylic acids is 1. The minimum absolute atomic E-state index is 0.0165. The van der Waals surface area contributed by atoms with Gasteiger partial charge in [-0.1, -0.05) is 34.6 Å². The van der Waals surface area contributed by atoms with E-state index in [-0.39, 0.29) is 25.5 Å². The Labute approximate surface area is 323 Å². The maximum absolute atomic E-state index is 14.2. The first-order valence-corrected chi connectivity index (χ1v) is 20.0. The predicted molar refractivity (Wildman–Crippen MR) is 201 cm³/mol. The molecule has 0 radical (unpaired) electrons. The summed E-state index contributed by atoms with van der Waals surface area (Å²) in [7, 11) is 3.32. The highest BCUT2D eigenvalue weighted by molar-refractivity contribution is 5.73. The zero-order valence-corrected chi connectivity index (χ0v) is 35.3. The van der Waals surface area contributed by atoms with Crippen LogP contribution in [0.5, 0.6) is 0 Å². The van der Waals surface area contributed by atoms with Gasteiger partial charge in [0.25, 0.3) is 0 Å². The van der Waals surface area contributed by atoms with Crippen molar-refractivity contribution in [2.45, 2.75) is 199 Å². The fourth-order valence-electron chi connectivity index (χ4n) is 9.19. The van der Waals surface area contributed by atoms with Crippen LogP contribution in [0.1, 0.15) is 109 Å². The van der Waals surface area contributed by atoms with E-state index in [9.17, 15) is 35.4 Å². The van der Waals surface area contributed by atoms with Gasteiger partial charge in [0.05, 0.1) is 59.3 Å². The Kier molecular flexibility index (Phi) is 16.4. The normalized spacial score (nSPS) is 47.9. The molecule has 0 bridgehead atoms. The first-order chi connectivity index (χ1) is 24.8. The third kappa shape index (κ3) is 11.1. The highest BCUT2D eigenvalue weighted by Gasteiger charge is 2.52. The van der Waals surface area contributed by atoms with Crippen LogP contribution >= 0.6 is 0 Å². The van der Waals surface area contributed by atoms with Crippen molar-refractivity contribution in [2.24, 2.45) is 29.6 Å². The van der Waals surface area contributed by atoms with Crippen molar-refractivity contribution in [1.29, 1.82) is 0 Å². The third-order valence-corrected chi connectivity index (χ3v) is 12.5. The van der Waals surface area contributed by atoms with Crippen LogP contribution in [-0.4, -0.2) is 153 Å². The van der Waals surface area contributed by atoms with Gasteiger partial charge in [0.15, 0.2) is 12.6 Å². The minimum atomic E-state index is -1.71. The summed E-state index contributed by atoms with van der Waals surface area (Å²) in [6, 6.07) is -0.462. The Bertz CT molecular complexity index is 1180. The number of hydrogen-bond acceptors (Lipinski definition) is 14. The van der Waals surface area contributed by atoms with Crippen LogP contribution in [-0.2, 0) is 33.2 Å². The van der Waals surface area contributed by atoms with Gasteiger partial charge in [0.2, 0.25) is 0 Å². The molecule has 3 fully saturated rings. The van der Waals surface area contributed by atoms with Crippen LogP contribution in [0, 0.1) is 29.6 Å². The molecule has 14 heteroatoms. The third-order valence-electron chi connectivity index (χ3n) is 12.5. The van der Waals surface area contributed by atoms with Crippen molar-refractivity contribution in [2.75, 3.05) is 20.7 Å². The number of aliphatic hydroxyl groups excluding tert-OH is 4. The van der Waals surface area contributed by atoms with Crippen LogP contribution < -0.4 is 0 Å². The SMILES string of the molecule is CC[C@H]1OC(=O)[C@H](C)[C@@H](O[C@@H]2C[C@@](C)(OC)[C@@H](O)[C@H](C)O2)[C@H](C)[C@@H](O[C@@H]2O[C@H](C)C[C@H](N(C)CC(C)(C)O)[C@H]2O)[C@](C)(O)C[C@@H](C)[C@H](O)[C@H](C)[C@@H](O)[C@H]1C. The van der Waals surface area contributed by atoms with E-state index in [1.807, 2.05) is 25.8 Å². The second-order valence-corrected chi connectivity index (χ2v) is 18.2. The largest absolute Gasteiger partial charge is 0.462 e. The number of carbonyl (C=O) groups is 1. The Morgan fingerprint density at radius 3 is 2.06 bits per heavy atom. The number of methoxy groups -OCH3 is 1. The van der Waals surface area contributed by atoms with Crippen LogP contribution in [0.25, 0.3) is 0 Å². The average molecular weight is 778 g/mol. The number of rotatable bonds is 9. The van der Waals surface area contributed by atoms with Crippen LogP contribution in [0.4, 0.5) is 0 Å². The standard InChI is InChI=1S/C40H75NO13/c1-15-28-22(4)31(43)23(5)30(42)20(2)17-39(11,48)35(54-37-32(44)27(16-21(3)50-37)41(13)19-38(9,10)47)24(6)33(25(7)36(46)52-28)53-29-18-40(12,49-14)34(45)26(8)51-29/h20-35,37,42-45,47-48H,15-19H2,1-14H3/t20-,21-,22+,23+,24+,25-,26+,27+,28-,29-,30+,31+,32-,33+,34+,35-,37+,39-,40-/m1/s1. The summed E-state index contributed by atoms with van der Waals surface area (Å²) in [6.45, 7) is 21.3. The lowest BCUT2D eigenvalue weighted by Crippen LogP contribution is -2.61. The molecule has 0 aliphatic carbocycles. The number of cyclic esters (lactones) is 1. The molecule has 0 aromatic rings. The molecule has 0 aromatic heterocycles. The number of hydrogen-bond donors (Lipinski definition) is 6. The maximum Gasteiger partial charge on any atom is 0.311 e. The van der Waals surface area contributed by atoms with Crippen LogP contribution in [0.3, 0.4) is 0 Å². The molecular weight excluding hydrogens is 702 g/mol. The van der Waals surface area contributed by atoms with Gasteiger partial charge < -0.3 is 59.1 Å². The van der Waals surface area contributed by atoms with E-state index in [4.69, 9.17) is 28.4 Å². The number of nitrogens with zero attached hydrogens (tertiary/aromatic N) is 1. The predicted octanol–water partition coefficient (Wildman–Crippen LogP) is 2.60. The van der Waals surface area contributed by atoms with Crippen molar-refractivity contribution < 1.29 is 63.9 Å². The first-order valence-electron chi connectivity index (χ1n) is 20.0. The van der Waals surface area contributed by atoms with Crippen LogP contribution in [0.2, 0.25) is 0 Å². The molecule has 0 unspecified atom stereocenters. The molecule has 3 saturated heterocycles. The monoisotopic (exact) mass is 778 g/mol. The lowest BCUT2D eigenvalue weighted by Gasteiger charge is -2.49. The van der Waals surface area contributed by atoms with Gasteiger partial charge in [-0.3, -0.25) is 9.69 Å². The Hall–Kier alpha value is -1.01. The highest BCUT2D eigenvalue weighted by atomic mass is 16.7. The lowest BCUT2D eigenvalue weighted by molar-refractivity contribution is -0.318. The number of ether oxygens (including phenoxy) is 6. The molecule has 3 aliphatic heterocycles. The molecule has 3 aliphatic rings. The zero-order valence-electron chi connectivity index (χ0n) is 35.3. The molecule has 0 aromatic carbocycles. The van der Waals surface area contributed by atoms with Gasteiger partial charge in [-0.2, -0.15) is 0 Å². The molecule has 0 amide bonds. The van der Waals surface area contributed by atoms with Gasteiger partial charge >= 0.3 is 5.97 Å². The second-order valence-electron chi connectivity index (χ2n) is 18.2.